The monoisotopic (exact) mass is 525 g/mol. The lowest BCUT2D eigenvalue weighted by Gasteiger charge is -2.44. The van der Waals surface area contributed by atoms with E-state index in [0.29, 0.717) is 42.6 Å². The van der Waals surface area contributed by atoms with Crippen LogP contribution in [-0.2, 0) is 16.8 Å². The van der Waals surface area contributed by atoms with Gasteiger partial charge in [0.15, 0.2) is 0 Å². The summed E-state index contributed by atoms with van der Waals surface area (Å²) in [6.07, 6.45) is 4.24. The number of hydrogen-bond donors (Lipinski definition) is 4. The van der Waals surface area contributed by atoms with Crippen molar-refractivity contribution >= 4 is 12.0 Å². The van der Waals surface area contributed by atoms with Crippen LogP contribution in [-0.4, -0.2) is 52.8 Å². The van der Waals surface area contributed by atoms with Crippen molar-refractivity contribution in [2.45, 2.75) is 69.9 Å². The molecule has 1 saturated heterocycles. The van der Waals surface area contributed by atoms with Crippen molar-refractivity contribution < 1.29 is 24.2 Å². The molecule has 38 heavy (non-hydrogen) atoms. The van der Waals surface area contributed by atoms with E-state index in [1.165, 1.54) is 6.07 Å². The molecule has 0 bridgehead atoms. The van der Waals surface area contributed by atoms with Gasteiger partial charge in [-0.3, -0.25) is 4.79 Å². The van der Waals surface area contributed by atoms with Crippen molar-refractivity contribution in [1.82, 2.24) is 10.2 Å². The molecule has 4 atom stereocenters. The molecule has 206 valence electrons. The van der Waals surface area contributed by atoms with Gasteiger partial charge in [-0.2, -0.15) is 0 Å². The predicted molar refractivity (Wildman–Crippen MR) is 145 cm³/mol. The summed E-state index contributed by atoms with van der Waals surface area (Å²) in [5, 5.41) is 23.9. The molecule has 2 aliphatic rings. The molecule has 1 aliphatic carbocycles. The van der Waals surface area contributed by atoms with Crippen LogP contribution in [0.5, 0.6) is 0 Å². The van der Waals surface area contributed by atoms with Gasteiger partial charge >= 0.3 is 6.09 Å². The molecule has 4 unspecified atom stereocenters. The number of nitrogens with zero attached hydrogens (tertiary/aromatic N) is 1. The Morgan fingerprint density at radius 3 is 2.66 bits per heavy atom. The van der Waals surface area contributed by atoms with E-state index in [1.54, 1.807) is 12.1 Å². The Labute approximate surface area is 224 Å². The maximum Gasteiger partial charge on any atom is 0.404 e. The standard InChI is InChI=1S/C30H40FN3O4/c1-2-20-8-3-9-21(18-20)27-24(12-5-13-25(27)31)30(38,15-7-16-33-29(36)37)22-10-6-17-34(19-22)28(35)23-11-4-14-26(23)32/h3,5,8-9,12-13,18,22-23,26,33,38H,2,4,6-7,10-11,14-17,19,32H2,1H3,(H,36,37). The minimum Gasteiger partial charge on any atom is -0.465 e. The minimum absolute atomic E-state index is 0.0460. The number of likely N-dealkylation sites (tertiary alicyclic amines) is 1. The number of piperidine rings is 1. The molecule has 0 radical (unpaired) electrons. The largest absolute Gasteiger partial charge is 0.465 e. The number of hydrogen-bond acceptors (Lipinski definition) is 4. The lowest BCUT2D eigenvalue weighted by atomic mass is 9.72. The predicted octanol–water partition coefficient (Wildman–Crippen LogP) is 4.66. The van der Waals surface area contributed by atoms with Crippen molar-refractivity contribution in [1.29, 1.82) is 0 Å². The van der Waals surface area contributed by atoms with E-state index in [2.05, 4.69) is 5.32 Å². The average Bonchev–Trinajstić information content (AvgIpc) is 3.36. The molecule has 5 N–H and O–H groups in total. The molecule has 1 heterocycles. The quantitative estimate of drug-likeness (QED) is 0.356. The number of aliphatic hydroxyl groups is 1. The van der Waals surface area contributed by atoms with Crippen LogP contribution < -0.4 is 11.1 Å². The highest BCUT2D eigenvalue weighted by Gasteiger charge is 2.44. The van der Waals surface area contributed by atoms with Gasteiger partial charge in [0.1, 0.15) is 5.82 Å². The molecule has 8 heteroatoms. The van der Waals surface area contributed by atoms with Crippen molar-refractivity contribution in [3.8, 4) is 11.1 Å². The number of carboxylic acid groups (broad SMARTS) is 1. The third-order valence-corrected chi connectivity index (χ3v) is 8.41. The molecule has 2 amide bonds. The van der Waals surface area contributed by atoms with Crippen LogP contribution in [0.4, 0.5) is 9.18 Å². The van der Waals surface area contributed by atoms with E-state index in [-0.39, 0.29) is 36.8 Å². The highest BCUT2D eigenvalue weighted by atomic mass is 19.1. The Morgan fingerprint density at radius 1 is 1.16 bits per heavy atom. The van der Waals surface area contributed by atoms with Crippen molar-refractivity contribution in [2.24, 2.45) is 17.6 Å². The summed E-state index contributed by atoms with van der Waals surface area (Å²) in [4.78, 5) is 26.3. The molecule has 4 rings (SSSR count). The first-order valence-corrected chi connectivity index (χ1v) is 13.9. The molecule has 2 fully saturated rings. The zero-order valence-corrected chi connectivity index (χ0v) is 22.2. The molecule has 7 nitrogen and oxygen atoms in total. The second-order valence-electron chi connectivity index (χ2n) is 10.8. The van der Waals surface area contributed by atoms with E-state index in [1.807, 2.05) is 36.1 Å². The van der Waals surface area contributed by atoms with E-state index in [0.717, 1.165) is 37.7 Å². The molecule has 0 spiro atoms. The number of rotatable bonds is 9. The lowest BCUT2D eigenvalue weighted by molar-refractivity contribution is -0.141. The van der Waals surface area contributed by atoms with Gasteiger partial charge in [0.2, 0.25) is 5.91 Å². The van der Waals surface area contributed by atoms with E-state index in [4.69, 9.17) is 10.8 Å². The smallest absolute Gasteiger partial charge is 0.404 e. The second-order valence-corrected chi connectivity index (χ2v) is 10.8. The molecule has 1 aliphatic heterocycles. The van der Waals surface area contributed by atoms with Crippen LogP contribution in [0, 0.1) is 17.7 Å². The molecular weight excluding hydrogens is 485 g/mol. The summed E-state index contributed by atoms with van der Waals surface area (Å²) >= 11 is 0. The maximum atomic E-state index is 15.5. The SMILES string of the molecule is CCc1cccc(-c2c(F)cccc2C(O)(CCCNC(=O)O)C2CCCN(C(=O)C3CCCC3N)C2)c1. The molecule has 1 saturated carbocycles. The Hall–Kier alpha value is -2.97. The number of carbonyl (C=O) groups excluding carboxylic acids is 1. The van der Waals surface area contributed by atoms with Gasteiger partial charge in [-0.05, 0) is 67.7 Å². The summed E-state index contributed by atoms with van der Waals surface area (Å²) in [6, 6.07) is 12.3. The molecule has 2 aromatic carbocycles. The zero-order valence-electron chi connectivity index (χ0n) is 22.2. The first-order chi connectivity index (χ1) is 18.2. The second kappa shape index (κ2) is 12.3. The van der Waals surface area contributed by atoms with Gasteiger partial charge in [-0.25, -0.2) is 9.18 Å². The van der Waals surface area contributed by atoms with Crippen LogP contribution in [0.2, 0.25) is 0 Å². The first-order valence-electron chi connectivity index (χ1n) is 13.9. The van der Waals surface area contributed by atoms with E-state index >= 15 is 4.39 Å². The first kappa shape index (κ1) is 28.0. The number of halogens is 1. The number of amides is 2. The number of aryl methyl sites for hydroxylation is 1. The van der Waals surface area contributed by atoms with Crippen LogP contribution in [0.1, 0.15) is 63.0 Å². The Balaban J connectivity index is 1.71. The lowest BCUT2D eigenvalue weighted by Crippen LogP contribution is -2.51. The Kier molecular flexibility index (Phi) is 9.05. The molecule has 2 aromatic rings. The van der Waals surface area contributed by atoms with Crippen LogP contribution in [0.3, 0.4) is 0 Å². The van der Waals surface area contributed by atoms with Crippen molar-refractivity contribution in [3.63, 3.8) is 0 Å². The topological polar surface area (TPSA) is 116 Å². The highest BCUT2D eigenvalue weighted by molar-refractivity contribution is 5.80. The number of benzene rings is 2. The van der Waals surface area contributed by atoms with Gasteiger partial charge in [0, 0.05) is 37.2 Å². The number of carbonyl (C=O) groups is 2. The third-order valence-electron chi connectivity index (χ3n) is 8.41. The van der Waals surface area contributed by atoms with Crippen molar-refractivity contribution in [2.75, 3.05) is 19.6 Å². The summed E-state index contributed by atoms with van der Waals surface area (Å²) < 4.78 is 15.5. The fourth-order valence-corrected chi connectivity index (χ4v) is 6.33. The van der Waals surface area contributed by atoms with Crippen LogP contribution >= 0.6 is 0 Å². The highest BCUT2D eigenvalue weighted by Crippen LogP contribution is 2.44. The normalized spacial score (nSPS) is 23.2. The number of nitrogens with one attached hydrogen (secondary N) is 1. The summed E-state index contributed by atoms with van der Waals surface area (Å²) in [5.41, 5.74) is 7.37. The Bertz CT molecular complexity index is 1140. The van der Waals surface area contributed by atoms with Gasteiger partial charge < -0.3 is 26.2 Å². The number of nitrogens with two attached hydrogens (primary N) is 1. The van der Waals surface area contributed by atoms with Gasteiger partial charge in [-0.15, -0.1) is 0 Å². The average molecular weight is 526 g/mol. The van der Waals surface area contributed by atoms with E-state index < -0.39 is 17.5 Å². The zero-order chi connectivity index (χ0) is 27.3. The summed E-state index contributed by atoms with van der Waals surface area (Å²) in [5.74, 6) is -0.899. The maximum absolute atomic E-state index is 15.5. The fourth-order valence-electron chi connectivity index (χ4n) is 6.33. The third kappa shape index (κ3) is 6.02. The summed E-state index contributed by atoms with van der Waals surface area (Å²) in [6.45, 7) is 3.18. The van der Waals surface area contributed by atoms with E-state index in [9.17, 15) is 14.7 Å². The van der Waals surface area contributed by atoms with Gasteiger partial charge in [0.25, 0.3) is 0 Å². The Morgan fingerprint density at radius 2 is 1.95 bits per heavy atom. The van der Waals surface area contributed by atoms with Crippen LogP contribution in [0.15, 0.2) is 42.5 Å². The molecular formula is C30H40FN3O4. The van der Waals surface area contributed by atoms with Gasteiger partial charge in [0.05, 0.1) is 11.5 Å². The summed E-state index contributed by atoms with van der Waals surface area (Å²) in [7, 11) is 0. The van der Waals surface area contributed by atoms with Crippen LogP contribution in [0.25, 0.3) is 11.1 Å². The minimum atomic E-state index is -1.46. The van der Waals surface area contributed by atoms with Gasteiger partial charge in [-0.1, -0.05) is 49.7 Å². The molecule has 0 aromatic heterocycles. The fraction of sp³-hybridized carbons (Fsp3) is 0.533. The van der Waals surface area contributed by atoms with Crippen molar-refractivity contribution in [3.05, 3.63) is 59.4 Å².